The lowest BCUT2D eigenvalue weighted by molar-refractivity contribution is -0.138. The van der Waals surface area contributed by atoms with Gasteiger partial charge in [-0.25, -0.2) is 0 Å². The van der Waals surface area contributed by atoms with Crippen molar-refractivity contribution in [1.82, 2.24) is 10.6 Å². The van der Waals surface area contributed by atoms with E-state index in [0.717, 1.165) is 24.3 Å². The molecule has 0 amide bonds. The molecule has 180 valence electrons. The second-order valence-corrected chi connectivity index (χ2v) is 8.10. The van der Waals surface area contributed by atoms with Gasteiger partial charge in [0.05, 0.1) is 11.1 Å². The molecule has 2 aromatic rings. The molecule has 12 heteroatoms. The van der Waals surface area contributed by atoms with E-state index in [9.17, 15) is 26.3 Å². The molecule has 4 nitrogen and oxygen atoms in total. The van der Waals surface area contributed by atoms with Crippen molar-refractivity contribution in [2.24, 2.45) is 0 Å². The highest BCUT2D eigenvalue weighted by Crippen LogP contribution is 2.32. The van der Waals surface area contributed by atoms with Crippen molar-refractivity contribution in [3.8, 4) is 0 Å². The van der Waals surface area contributed by atoms with Crippen molar-refractivity contribution in [2.45, 2.75) is 32.6 Å². The van der Waals surface area contributed by atoms with Crippen molar-refractivity contribution < 1.29 is 26.3 Å². The summed E-state index contributed by atoms with van der Waals surface area (Å²) in [6.07, 6.45) is -8.38. The fraction of sp³-hybridized carbons (Fsp3) is 0.333. The average molecular weight is 509 g/mol. The summed E-state index contributed by atoms with van der Waals surface area (Å²) in [5, 5.41) is 11.5. The second-order valence-electron chi connectivity index (χ2n) is 7.29. The first-order chi connectivity index (χ1) is 15.2. The Balaban J connectivity index is 1.75. The molecule has 0 bridgehead atoms. The van der Waals surface area contributed by atoms with Crippen molar-refractivity contribution in [3.63, 3.8) is 0 Å². The van der Waals surface area contributed by atoms with Gasteiger partial charge in [0, 0.05) is 24.5 Å². The molecular formula is C21H22F6N4S2. The zero-order chi connectivity index (χ0) is 24.8. The Kier molecular flexibility index (Phi) is 8.89. The number of rotatable bonds is 6. The summed E-state index contributed by atoms with van der Waals surface area (Å²) >= 11 is 10.2. The Hall–Kier alpha value is -2.60. The molecule has 0 saturated heterocycles. The van der Waals surface area contributed by atoms with Crippen LogP contribution in [0.4, 0.5) is 37.7 Å². The predicted molar refractivity (Wildman–Crippen MR) is 125 cm³/mol. The number of hydrogen-bond donors (Lipinski definition) is 4. The summed E-state index contributed by atoms with van der Waals surface area (Å²) in [7, 11) is 0. The highest BCUT2D eigenvalue weighted by molar-refractivity contribution is 7.80. The first-order valence-electron chi connectivity index (χ1n) is 9.71. The third-order valence-electron chi connectivity index (χ3n) is 4.25. The van der Waals surface area contributed by atoms with Gasteiger partial charge in [0.15, 0.2) is 10.2 Å². The minimum atomic E-state index is -4.46. The van der Waals surface area contributed by atoms with E-state index in [4.69, 9.17) is 24.4 Å². The molecule has 2 rings (SSSR count). The average Bonchev–Trinajstić information content (AvgIpc) is 2.65. The molecule has 0 aliphatic rings. The third-order valence-corrected chi connectivity index (χ3v) is 4.74. The number of aryl methyl sites for hydroxylation is 2. The Morgan fingerprint density at radius 3 is 1.36 bits per heavy atom. The van der Waals surface area contributed by atoms with Crippen LogP contribution in [0.3, 0.4) is 0 Å². The zero-order valence-corrected chi connectivity index (χ0v) is 19.3. The maximum absolute atomic E-state index is 12.9. The van der Waals surface area contributed by atoms with Gasteiger partial charge in [0.2, 0.25) is 0 Å². The predicted octanol–water partition coefficient (Wildman–Crippen LogP) is 6.00. The molecule has 2 aromatic carbocycles. The molecule has 0 aromatic heterocycles. The van der Waals surface area contributed by atoms with Crippen LogP contribution in [0.25, 0.3) is 0 Å². The zero-order valence-electron chi connectivity index (χ0n) is 17.7. The van der Waals surface area contributed by atoms with E-state index in [2.05, 4.69) is 21.3 Å². The number of benzene rings is 2. The Labute approximate surface area is 198 Å². The van der Waals surface area contributed by atoms with Crippen LogP contribution < -0.4 is 21.3 Å². The molecule has 0 spiro atoms. The molecule has 0 saturated carbocycles. The third kappa shape index (κ3) is 9.04. The fourth-order valence-electron chi connectivity index (χ4n) is 2.88. The number of hydrogen-bond acceptors (Lipinski definition) is 2. The number of thiocarbonyl (C=S) groups is 2. The quantitative estimate of drug-likeness (QED) is 0.218. The van der Waals surface area contributed by atoms with Crippen LogP contribution in [-0.4, -0.2) is 23.3 Å². The standard InChI is InChI=1S/C21H22F6N4S2/c1-12-6-14(20(22,23)24)10-16(8-12)30-18(32)28-4-3-5-29-19(33)31-17-9-13(2)7-15(11-17)21(25,26)27/h6-11H,3-5H2,1-2H3,(H2,28,30,32)(H2,29,31,33). The Morgan fingerprint density at radius 2 is 1.03 bits per heavy atom. The summed E-state index contributed by atoms with van der Waals surface area (Å²) in [5.74, 6) is 0. The molecule has 0 aliphatic heterocycles. The van der Waals surface area contributed by atoms with E-state index in [1.165, 1.54) is 0 Å². The van der Waals surface area contributed by atoms with Crippen molar-refractivity contribution in [2.75, 3.05) is 23.7 Å². The van der Waals surface area contributed by atoms with Crippen molar-refractivity contribution in [3.05, 3.63) is 58.7 Å². The van der Waals surface area contributed by atoms with Crippen LogP contribution in [0.2, 0.25) is 0 Å². The Bertz CT molecular complexity index is 926. The SMILES string of the molecule is Cc1cc(NC(=S)NCCCNC(=S)Nc2cc(C)cc(C(F)(F)F)c2)cc(C(F)(F)F)c1. The summed E-state index contributed by atoms with van der Waals surface area (Å²) in [4.78, 5) is 0. The smallest absolute Gasteiger partial charge is 0.362 e. The van der Waals surface area contributed by atoms with Gasteiger partial charge < -0.3 is 21.3 Å². The van der Waals surface area contributed by atoms with Gasteiger partial charge in [-0.2, -0.15) is 26.3 Å². The van der Waals surface area contributed by atoms with E-state index in [0.29, 0.717) is 30.6 Å². The highest BCUT2D eigenvalue weighted by Gasteiger charge is 2.31. The van der Waals surface area contributed by atoms with Crippen LogP contribution in [0.15, 0.2) is 36.4 Å². The molecule has 0 atom stereocenters. The summed E-state index contributed by atoms with van der Waals surface area (Å²) in [6, 6.07) is 7.13. The molecular weight excluding hydrogens is 486 g/mol. The highest BCUT2D eigenvalue weighted by atomic mass is 32.1. The van der Waals surface area contributed by atoms with Crippen molar-refractivity contribution in [1.29, 1.82) is 0 Å². The van der Waals surface area contributed by atoms with Gasteiger partial charge in [-0.15, -0.1) is 0 Å². The molecule has 4 N–H and O–H groups in total. The van der Waals surface area contributed by atoms with Gasteiger partial charge in [-0.05, 0) is 92.2 Å². The van der Waals surface area contributed by atoms with Gasteiger partial charge >= 0.3 is 12.4 Å². The fourth-order valence-corrected chi connectivity index (χ4v) is 3.32. The minimum Gasteiger partial charge on any atom is -0.362 e. The first-order valence-corrected chi connectivity index (χ1v) is 10.5. The molecule has 0 unspecified atom stereocenters. The van der Waals surface area contributed by atoms with Gasteiger partial charge in [0.25, 0.3) is 0 Å². The lowest BCUT2D eigenvalue weighted by Gasteiger charge is -2.15. The number of halogens is 6. The van der Waals surface area contributed by atoms with Crippen LogP contribution in [0.5, 0.6) is 0 Å². The molecule has 0 heterocycles. The largest absolute Gasteiger partial charge is 0.416 e. The first kappa shape index (κ1) is 26.7. The van der Waals surface area contributed by atoms with Gasteiger partial charge in [-0.3, -0.25) is 0 Å². The number of alkyl halides is 6. The minimum absolute atomic E-state index is 0.161. The van der Waals surface area contributed by atoms with Crippen LogP contribution >= 0.6 is 24.4 Å². The summed E-state index contributed by atoms with van der Waals surface area (Å²) in [6.45, 7) is 3.89. The van der Waals surface area contributed by atoms with Gasteiger partial charge in [0.1, 0.15) is 0 Å². The maximum Gasteiger partial charge on any atom is 0.416 e. The van der Waals surface area contributed by atoms with Crippen molar-refractivity contribution >= 4 is 46.0 Å². The Morgan fingerprint density at radius 1 is 0.667 bits per heavy atom. The topological polar surface area (TPSA) is 48.1 Å². The van der Waals surface area contributed by atoms with E-state index in [-0.39, 0.29) is 21.6 Å². The lowest BCUT2D eigenvalue weighted by Crippen LogP contribution is -2.33. The van der Waals surface area contributed by atoms with E-state index in [1.807, 2.05) is 0 Å². The number of nitrogens with one attached hydrogen (secondary N) is 4. The van der Waals surface area contributed by atoms with Crippen LogP contribution in [0.1, 0.15) is 28.7 Å². The number of anilines is 2. The molecule has 0 aliphatic carbocycles. The van der Waals surface area contributed by atoms with Crippen LogP contribution in [0, 0.1) is 13.8 Å². The van der Waals surface area contributed by atoms with Gasteiger partial charge in [-0.1, -0.05) is 0 Å². The molecule has 33 heavy (non-hydrogen) atoms. The molecule has 0 fully saturated rings. The van der Waals surface area contributed by atoms with Crippen LogP contribution in [-0.2, 0) is 12.4 Å². The normalized spacial score (nSPS) is 11.6. The molecule has 0 radical (unpaired) electrons. The van der Waals surface area contributed by atoms with E-state index in [1.54, 1.807) is 26.0 Å². The van der Waals surface area contributed by atoms with E-state index >= 15 is 0 Å². The maximum atomic E-state index is 12.9. The monoisotopic (exact) mass is 508 g/mol. The summed E-state index contributed by atoms with van der Waals surface area (Å²) in [5.41, 5.74) is -0.213. The second kappa shape index (κ2) is 11.0. The summed E-state index contributed by atoms with van der Waals surface area (Å²) < 4.78 is 77.5. The van der Waals surface area contributed by atoms with E-state index < -0.39 is 23.5 Å². The lowest BCUT2D eigenvalue weighted by atomic mass is 10.1.